The van der Waals surface area contributed by atoms with Gasteiger partial charge in [-0.25, -0.2) is 0 Å². The Bertz CT molecular complexity index is 1090. The maximum absolute atomic E-state index is 11.1. The maximum atomic E-state index is 11.1. The molecule has 0 aliphatic heterocycles. The smallest absolute Gasteiger partial charge is 0.304 e. The molecule has 0 unspecified atom stereocenters. The van der Waals surface area contributed by atoms with Gasteiger partial charge in [0.25, 0.3) is 0 Å². The molecular formula is C27H33NO3. The van der Waals surface area contributed by atoms with E-state index in [9.17, 15) is 4.79 Å². The summed E-state index contributed by atoms with van der Waals surface area (Å²) in [5.74, 6) is 0.965. The Hall–Kier alpha value is -2.75. The predicted octanol–water partition coefficient (Wildman–Crippen LogP) is 6.85. The topological polar surface area (TPSA) is 62.3 Å². The third-order valence-corrected chi connectivity index (χ3v) is 7.02. The number of aromatic amines is 1. The summed E-state index contributed by atoms with van der Waals surface area (Å²) in [6, 6.07) is 12.9. The molecule has 0 radical (unpaired) electrons. The molecule has 31 heavy (non-hydrogen) atoms. The lowest BCUT2D eigenvalue weighted by atomic mass is 9.92. The number of aryl methyl sites for hydroxylation is 2. The first kappa shape index (κ1) is 21.5. The number of hydrogen-bond donors (Lipinski definition) is 2. The molecule has 1 aromatic heterocycles. The summed E-state index contributed by atoms with van der Waals surface area (Å²) in [5, 5.41) is 10.3. The van der Waals surface area contributed by atoms with Crippen molar-refractivity contribution < 1.29 is 14.6 Å². The van der Waals surface area contributed by atoms with Crippen LogP contribution in [0, 0.1) is 6.92 Å². The average molecular weight is 420 g/mol. The second-order valence-corrected chi connectivity index (χ2v) is 9.02. The van der Waals surface area contributed by atoms with Gasteiger partial charge in [-0.1, -0.05) is 38.5 Å². The summed E-state index contributed by atoms with van der Waals surface area (Å²) < 4.78 is 6.13. The van der Waals surface area contributed by atoms with Gasteiger partial charge in [-0.05, 0) is 79.0 Å². The number of carbonyl (C=O) groups is 1. The van der Waals surface area contributed by atoms with Gasteiger partial charge in [0.2, 0.25) is 0 Å². The number of fused-ring (bicyclic) bond motifs is 3. The average Bonchev–Trinajstić information content (AvgIpc) is 3.44. The van der Waals surface area contributed by atoms with Gasteiger partial charge in [-0.2, -0.15) is 0 Å². The fourth-order valence-corrected chi connectivity index (χ4v) is 5.52. The van der Waals surface area contributed by atoms with Crippen molar-refractivity contribution in [1.82, 2.24) is 4.98 Å². The minimum Gasteiger partial charge on any atom is -0.489 e. The number of nitrogens with one attached hydrogen (secondary N) is 1. The van der Waals surface area contributed by atoms with E-state index in [1.807, 2.05) is 6.07 Å². The fourth-order valence-electron chi connectivity index (χ4n) is 5.52. The number of aliphatic carboxylic acids is 1. The molecule has 0 spiro atoms. The lowest BCUT2D eigenvalue weighted by molar-refractivity contribution is -0.137. The second-order valence-electron chi connectivity index (χ2n) is 9.02. The molecule has 2 N–H and O–H groups in total. The van der Waals surface area contributed by atoms with E-state index in [2.05, 4.69) is 42.2 Å². The Labute approximate surface area is 184 Å². The highest BCUT2D eigenvalue weighted by Crippen LogP contribution is 2.40. The van der Waals surface area contributed by atoms with E-state index in [0.717, 1.165) is 35.7 Å². The molecule has 5 rings (SSSR count). The van der Waals surface area contributed by atoms with Crippen LogP contribution in [-0.4, -0.2) is 16.1 Å². The number of carboxylic acids is 1. The number of aromatic nitrogens is 1. The Morgan fingerprint density at radius 1 is 1.13 bits per heavy atom. The number of benzene rings is 2. The molecule has 3 aromatic rings. The molecule has 1 atom stereocenters. The summed E-state index contributed by atoms with van der Waals surface area (Å²) >= 11 is 0. The zero-order valence-corrected chi connectivity index (χ0v) is 17.5. The molecule has 2 aliphatic rings. The Kier molecular flexibility index (Phi) is 6.08. The normalized spacial score (nSPS) is 18.2. The van der Waals surface area contributed by atoms with E-state index in [-0.39, 0.29) is 19.8 Å². The minimum atomic E-state index is -0.732. The lowest BCUT2D eigenvalue weighted by Crippen LogP contribution is -2.03. The second kappa shape index (κ2) is 8.78. The van der Waals surface area contributed by atoms with Crippen molar-refractivity contribution in [2.75, 3.05) is 0 Å². The van der Waals surface area contributed by atoms with Gasteiger partial charge in [0.1, 0.15) is 12.4 Å². The highest BCUT2D eigenvalue weighted by Gasteiger charge is 2.28. The van der Waals surface area contributed by atoms with Gasteiger partial charge in [-0.3, -0.25) is 4.79 Å². The quantitative estimate of drug-likeness (QED) is 0.459. The lowest BCUT2D eigenvalue weighted by Gasteiger charge is -2.15. The van der Waals surface area contributed by atoms with Crippen LogP contribution in [0.4, 0.5) is 0 Å². The summed E-state index contributed by atoms with van der Waals surface area (Å²) in [6.45, 7) is 2.78. The van der Waals surface area contributed by atoms with Crippen LogP contribution in [0.5, 0.6) is 5.75 Å². The van der Waals surface area contributed by atoms with Gasteiger partial charge in [0.05, 0.1) is 6.42 Å². The SMILES string of the molecule is C.Cc1cc(COc2ccc3[nH]c4c(c3c2)CC[C@@H]4CC(=O)O)ccc1C1CCCC1. The molecule has 2 aromatic carbocycles. The third kappa shape index (κ3) is 4.21. The first-order chi connectivity index (χ1) is 14.6. The van der Waals surface area contributed by atoms with Gasteiger partial charge in [0, 0.05) is 22.5 Å². The van der Waals surface area contributed by atoms with Crippen LogP contribution in [0.1, 0.15) is 85.7 Å². The van der Waals surface area contributed by atoms with E-state index in [4.69, 9.17) is 9.84 Å². The van der Waals surface area contributed by atoms with Crippen molar-refractivity contribution in [3.05, 3.63) is 64.3 Å². The first-order valence-corrected chi connectivity index (χ1v) is 11.2. The van der Waals surface area contributed by atoms with Crippen LogP contribution in [0.25, 0.3) is 10.9 Å². The molecule has 164 valence electrons. The number of ether oxygens (including phenoxy) is 1. The van der Waals surface area contributed by atoms with Crippen molar-refractivity contribution in [1.29, 1.82) is 0 Å². The molecule has 4 heteroatoms. The minimum absolute atomic E-state index is 0. The molecular weight excluding hydrogens is 386 g/mol. The molecule has 0 bridgehead atoms. The predicted molar refractivity (Wildman–Crippen MR) is 125 cm³/mol. The molecule has 2 aliphatic carbocycles. The van der Waals surface area contributed by atoms with Crippen LogP contribution < -0.4 is 4.74 Å². The standard InChI is InChI=1S/C26H29NO3.CH4/c1-16-12-17(6-9-21(16)18-4-2-3-5-18)15-30-20-8-11-24-23(14-20)22-10-7-19(13-25(28)29)26(22)27-24;/h6,8-9,11-12,14,18-19,27H,2-5,7,10,13,15H2,1H3,(H,28,29);1H4/t19-;/m1./s1. The van der Waals surface area contributed by atoms with Crippen molar-refractivity contribution in [2.24, 2.45) is 0 Å². The van der Waals surface area contributed by atoms with Crippen LogP contribution in [0.2, 0.25) is 0 Å². The van der Waals surface area contributed by atoms with Crippen molar-refractivity contribution in [3.8, 4) is 5.75 Å². The van der Waals surface area contributed by atoms with E-state index in [1.54, 1.807) is 0 Å². The van der Waals surface area contributed by atoms with E-state index >= 15 is 0 Å². The Balaban J connectivity index is 0.00000231. The molecule has 1 saturated carbocycles. The summed E-state index contributed by atoms with van der Waals surface area (Å²) in [4.78, 5) is 14.6. The summed E-state index contributed by atoms with van der Waals surface area (Å²) in [6.07, 6.45) is 7.39. The molecule has 4 nitrogen and oxygen atoms in total. The van der Waals surface area contributed by atoms with Gasteiger partial charge in [0.15, 0.2) is 0 Å². The van der Waals surface area contributed by atoms with Crippen LogP contribution in [0.15, 0.2) is 36.4 Å². The molecule has 0 saturated heterocycles. The van der Waals surface area contributed by atoms with Crippen molar-refractivity contribution >= 4 is 16.9 Å². The van der Waals surface area contributed by atoms with E-state index in [0.29, 0.717) is 6.61 Å². The molecule has 0 amide bonds. The van der Waals surface area contributed by atoms with Crippen LogP contribution >= 0.6 is 0 Å². The van der Waals surface area contributed by atoms with Crippen molar-refractivity contribution in [2.45, 2.75) is 77.7 Å². The fraction of sp³-hybridized carbons (Fsp3) is 0.444. The van der Waals surface area contributed by atoms with Crippen molar-refractivity contribution in [3.63, 3.8) is 0 Å². The largest absolute Gasteiger partial charge is 0.489 e. The highest BCUT2D eigenvalue weighted by molar-refractivity contribution is 5.87. The zero-order valence-electron chi connectivity index (χ0n) is 17.5. The number of carboxylic acid groups (broad SMARTS) is 1. The summed E-state index contributed by atoms with van der Waals surface area (Å²) in [5.41, 5.74) is 7.53. The number of rotatable bonds is 6. The number of H-pyrrole nitrogens is 1. The van der Waals surface area contributed by atoms with Crippen LogP contribution in [0.3, 0.4) is 0 Å². The van der Waals surface area contributed by atoms with Gasteiger partial charge < -0.3 is 14.8 Å². The van der Waals surface area contributed by atoms with Gasteiger partial charge >= 0.3 is 5.97 Å². The van der Waals surface area contributed by atoms with Crippen LogP contribution in [-0.2, 0) is 17.8 Å². The molecule has 1 fully saturated rings. The maximum Gasteiger partial charge on any atom is 0.304 e. The van der Waals surface area contributed by atoms with Gasteiger partial charge in [-0.15, -0.1) is 0 Å². The molecule has 1 heterocycles. The van der Waals surface area contributed by atoms with E-state index < -0.39 is 5.97 Å². The monoisotopic (exact) mass is 419 g/mol. The Morgan fingerprint density at radius 2 is 1.94 bits per heavy atom. The summed E-state index contributed by atoms with van der Waals surface area (Å²) in [7, 11) is 0. The zero-order chi connectivity index (χ0) is 20.7. The highest BCUT2D eigenvalue weighted by atomic mass is 16.5. The number of hydrogen-bond acceptors (Lipinski definition) is 2. The Morgan fingerprint density at radius 3 is 2.68 bits per heavy atom. The third-order valence-electron chi connectivity index (χ3n) is 7.02. The van der Waals surface area contributed by atoms with E-state index in [1.165, 1.54) is 53.3 Å². The first-order valence-electron chi connectivity index (χ1n) is 11.2.